The van der Waals surface area contributed by atoms with Crippen LogP contribution in [0.1, 0.15) is 34.8 Å². The van der Waals surface area contributed by atoms with Crippen molar-refractivity contribution in [3.8, 4) is 5.69 Å². The molecule has 0 aliphatic carbocycles. The van der Waals surface area contributed by atoms with Crippen LogP contribution < -0.4 is 0 Å². The number of hydrogen-bond acceptors (Lipinski definition) is 3. The van der Waals surface area contributed by atoms with Gasteiger partial charge in [-0.15, -0.1) is 0 Å². The summed E-state index contributed by atoms with van der Waals surface area (Å²) in [4.78, 5) is 22.4. The van der Waals surface area contributed by atoms with Crippen molar-refractivity contribution in [2.24, 2.45) is 0 Å². The van der Waals surface area contributed by atoms with Gasteiger partial charge in [0.15, 0.2) is 0 Å². The number of fused-ring (bicyclic) bond motifs is 1. The molecule has 0 fully saturated rings. The molecule has 0 saturated heterocycles. The topological polar surface area (TPSA) is 66.8 Å². The van der Waals surface area contributed by atoms with E-state index >= 15 is 0 Å². The van der Waals surface area contributed by atoms with Gasteiger partial charge in [-0.2, -0.15) is 5.10 Å². The predicted molar refractivity (Wildman–Crippen MR) is 119 cm³/mol. The molecule has 0 aliphatic rings. The zero-order chi connectivity index (χ0) is 21.3. The maximum Gasteiger partial charge on any atom is 0.223 e. The first-order chi connectivity index (χ1) is 14.4. The summed E-state index contributed by atoms with van der Waals surface area (Å²) in [6, 6.07) is 16.1. The lowest BCUT2D eigenvalue weighted by Crippen LogP contribution is -2.27. The van der Waals surface area contributed by atoms with Crippen LogP contribution in [0.5, 0.6) is 0 Å². The largest absolute Gasteiger partial charge is 0.342 e. The summed E-state index contributed by atoms with van der Waals surface area (Å²) in [5.41, 5.74) is 7.30. The third-order valence-electron chi connectivity index (χ3n) is 5.62. The van der Waals surface area contributed by atoms with Crippen LogP contribution in [0.4, 0.5) is 0 Å². The first kappa shape index (κ1) is 19.9. The van der Waals surface area contributed by atoms with Gasteiger partial charge < -0.3 is 9.88 Å². The first-order valence-electron chi connectivity index (χ1n) is 10.2. The molecule has 2 aromatic carbocycles. The van der Waals surface area contributed by atoms with E-state index in [4.69, 9.17) is 5.10 Å². The number of para-hydroxylation sites is 3. The quantitative estimate of drug-likeness (QED) is 0.525. The second-order valence-electron chi connectivity index (χ2n) is 7.80. The van der Waals surface area contributed by atoms with E-state index < -0.39 is 0 Å². The Kier molecular flexibility index (Phi) is 5.40. The lowest BCUT2D eigenvalue weighted by Gasteiger charge is -2.17. The van der Waals surface area contributed by atoms with Crippen LogP contribution in [-0.4, -0.2) is 37.6 Å². The molecule has 4 rings (SSSR count). The zero-order valence-corrected chi connectivity index (χ0v) is 17.9. The highest BCUT2D eigenvalue weighted by Crippen LogP contribution is 2.21. The SMILES string of the molecule is Cc1ccccc1-n1nc(C)c(CN(C)C(=O)CCc2nc3ccccc3[nH]2)c1C. The minimum absolute atomic E-state index is 0.0953. The molecular weight excluding hydrogens is 374 g/mol. The molecule has 30 heavy (non-hydrogen) atoms. The number of aromatic nitrogens is 4. The monoisotopic (exact) mass is 401 g/mol. The minimum atomic E-state index is 0.0953. The van der Waals surface area contributed by atoms with E-state index in [1.807, 2.05) is 55.1 Å². The molecule has 4 aromatic rings. The van der Waals surface area contributed by atoms with Gasteiger partial charge in [0, 0.05) is 37.7 Å². The lowest BCUT2D eigenvalue weighted by molar-refractivity contribution is -0.130. The Bertz CT molecular complexity index is 1170. The smallest absolute Gasteiger partial charge is 0.223 e. The number of hydrogen-bond donors (Lipinski definition) is 1. The number of H-pyrrole nitrogens is 1. The van der Waals surface area contributed by atoms with E-state index in [1.54, 1.807) is 4.90 Å². The molecule has 0 aliphatic heterocycles. The van der Waals surface area contributed by atoms with Gasteiger partial charge in [-0.25, -0.2) is 9.67 Å². The highest BCUT2D eigenvalue weighted by atomic mass is 16.2. The van der Waals surface area contributed by atoms with Gasteiger partial charge in [-0.05, 0) is 44.5 Å². The van der Waals surface area contributed by atoms with Crippen molar-refractivity contribution >= 4 is 16.9 Å². The maximum absolute atomic E-state index is 12.7. The average Bonchev–Trinajstić information content (AvgIpc) is 3.28. The van der Waals surface area contributed by atoms with Gasteiger partial charge in [0.1, 0.15) is 5.82 Å². The van der Waals surface area contributed by atoms with Crippen LogP contribution in [0.15, 0.2) is 48.5 Å². The number of carbonyl (C=O) groups is 1. The van der Waals surface area contributed by atoms with Gasteiger partial charge in [0.2, 0.25) is 5.91 Å². The number of benzene rings is 2. The molecule has 154 valence electrons. The Hall–Kier alpha value is -3.41. The second kappa shape index (κ2) is 8.14. The van der Waals surface area contributed by atoms with E-state index in [9.17, 15) is 4.79 Å². The van der Waals surface area contributed by atoms with Gasteiger partial charge in [-0.1, -0.05) is 30.3 Å². The Morgan fingerprint density at radius 2 is 1.80 bits per heavy atom. The fourth-order valence-corrected chi connectivity index (χ4v) is 3.81. The van der Waals surface area contributed by atoms with Crippen molar-refractivity contribution in [1.29, 1.82) is 0 Å². The van der Waals surface area contributed by atoms with Gasteiger partial charge in [-0.3, -0.25) is 4.79 Å². The number of rotatable bonds is 6. The third kappa shape index (κ3) is 3.85. The van der Waals surface area contributed by atoms with Crippen molar-refractivity contribution in [3.05, 3.63) is 76.9 Å². The van der Waals surface area contributed by atoms with Crippen molar-refractivity contribution in [2.45, 2.75) is 40.2 Å². The number of carbonyl (C=O) groups excluding carboxylic acids is 1. The molecule has 6 heteroatoms. The van der Waals surface area contributed by atoms with Crippen LogP contribution in [-0.2, 0) is 17.8 Å². The molecule has 2 aromatic heterocycles. The van der Waals surface area contributed by atoms with E-state index in [2.05, 4.69) is 35.9 Å². The third-order valence-corrected chi connectivity index (χ3v) is 5.62. The summed E-state index contributed by atoms with van der Waals surface area (Å²) in [7, 11) is 1.85. The fraction of sp³-hybridized carbons (Fsp3) is 0.292. The van der Waals surface area contributed by atoms with Crippen molar-refractivity contribution in [1.82, 2.24) is 24.6 Å². The van der Waals surface area contributed by atoms with Gasteiger partial charge in [0.05, 0.1) is 22.4 Å². The second-order valence-corrected chi connectivity index (χ2v) is 7.80. The molecule has 0 atom stereocenters. The maximum atomic E-state index is 12.7. The highest BCUT2D eigenvalue weighted by molar-refractivity contribution is 5.77. The Balaban J connectivity index is 1.45. The van der Waals surface area contributed by atoms with E-state index in [0.717, 1.165) is 39.5 Å². The zero-order valence-electron chi connectivity index (χ0n) is 17.9. The number of imidazole rings is 1. The molecule has 0 unspecified atom stereocenters. The Labute approximate surface area is 176 Å². The highest BCUT2D eigenvalue weighted by Gasteiger charge is 2.18. The fourth-order valence-electron chi connectivity index (χ4n) is 3.81. The summed E-state index contributed by atoms with van der Waals surface area (Å²) >= 11 is 0. The average molecular weight is 402 g/mol. The molecular formula is C24H27N5O. The minimum Gasteiger partial charge on any atom is -0.342 e. The molecule has 0 bridgehead atoms. The summed E-state index contributed by atoms with van der Waals surface area (Å²) in [6.45, 7) is 6.69. The predicted octanol–water partition coefficient (Wildman–Crippen LogP) is 4.27. The molecule has 0 spiro atoms. The van der Waals surface area contributed by atoms with Crippen LogP contribution in [0.3, 0.4) is 0 Å². The Morgan fingerprint density at radius 1 is 1.07 bits per heavy atom. The number of nitrogens with one attached hydrogen (secondary N) is 1. The lowest BCUT2D eigenvalue weighted by atomic mass is 10.1. The molecule has 6 nitrogen and oxygen atoms in total. The number of aryl methyl sites for hydroxylation is 3. The molecule has 0 radical (unpaired) electrons. The van der Waals surface area contributed by atoms with Crippen molar-refractivity contribution < 1.29 is 4.79 Å². The summed E-state index contributed by atoms with van der Waals surface area (Å²) in [5.74, 6) is 0.940. The standard InChI is InChI=1S/C24H27N5O/c1-16-9-5-8-12-22(16)29-18(3)19(17(2)27-29)15-28(4)24(30)14-13-23-25-20-10-6-7-11-21(20)26-23/h5-12H,13-15H2,1-4H3,(H,25,26). The van der Waals surface area contributed by atoms with Crippen LogP contribution in [0, 0.1) is 20.8 Å². The van der Waals surface area contributed by atoms with Crippen molar-refractivity contribution in [3.63, 3.8) is 0 Å². The van der Waals surface area contributed by atoms with Crippen LogP contribution >= 0.6 is 0 Å². The Morgan fingerprint density at radius 3 is 2.57 bits per heavy atom. The van der Waals surface area contributed by atoms with Gasteiger partial charge in [0.25, 0.3) is 0 Å². The first-order valence-corrected chi connectivity index (χ1v) is 10.2. The summed E-state index contributed by atoms with van der Waals surface area (Å²) < 4.78 is 1.98. The van der Waals surface area contributed by atoms with Crippen LogP contribution in [0.2, 0.25) is 0 Å². The van der Waals surface area contributed by atoms with Crippen molar-refractivity contribution in [2.75, 3.05) is 7.05 Å². The molecule has 1 N–H and O–H groups in total. The number of aromatic amines is 1. The molecule has 1 amide bonds. The van der Waals surface area contributed by atoms with E-state index in [0.29, 0.717) is 19.4 Å². The molecule has 0 saturated carbocycles. The summed E-state index contributed by atoms with van der Waals surface area (Å²) in [6.07, 6.45) is 1.01. The number of nitrogens with zero attached hydrogens (tertiary/aromatic N) is 4. The van der Waals surface area contributed by atoms with Crippen LogP contribution in [0.25, 0.3) is 16.7 Å². The van der Waals surface area contributed by atoms with Gasteiger partial charge >= 0.3 is 0 Å². The van der Waals surface area contributed by atoms with E-state index in [-0.39, 0.29) is 5.91 Å². The summed E-state index contributed by atoms with van der Waals surface area (Å²) in [5, 5.41) is 4.74. The normalized spacial score (nSPS) is 11.2. The molecule has 2 heterocycles. The number of amides is 1. The van der Waals surface area contributed by atoms with E-state index in [1.165, 1.54) is 5.56 Å².